The molecule has 0 aliphatic rings. The predicted octanol–water partition coefficient (Wildman–Crippen LogP) is 2.27. The summed E-state index contributed by atoms with van der Waals surface area (Å²) in [6.07, 6.45) is 0.0736. The summed E-state index contributed by atoms with van der Waals surface area (Å²) in [5.74, 6) is -0.954. The number of carbonyl (C=O) groups is 2. The van der Waals surface area contributed by atoms with Crippen LogP contribution < -0.4 is 15.7 Å². The zero-order valence-electron chi connectivity index (χ0n) is 15.3. The minimum atomic E-state index is -1.10. The molecule has 0 fully saturated rings. The molecule has 7 heteroatoms. The average Bonchev–Trinajstić information content (AvgIpc) is 2.57. The topological polar surface area (TPSA) is 106 Å². The van der Waals surface area contributed by atoms with Gasteiger partial charge in [0.25, 0.3) is 0 Å². The van der Waals surface area contributed by atoms with Gasteiger partial charge in [-0.15, -0.1) is 0 Å². The Balaban J connectivity index is 2.28. The number of methoxy groups -OCH3 is 1. The molecule has 2 rings (SSSR count). The van der Waals surface area contributed by atoms with Gasteiger partial charge in [-0.05, 0) is 37.0 Å². The number of carboxylic acid groups (broad SMARTS) is 1. The van der Waals surface area contributed by atoms with Crippen LogP contribution in [0.15, 0.2) is 27.4 Å². The van der Waals surface area contributed by atoms with Gasteiger partial charge in [0.05, 0.1) is 19.1 Å². The molecule has 0 unspecified atom stereocenters. The van der Waals surface area contributed by atoms with Crippen LogP contribution in [-0.4, -0.2) is 30.1 Å². The van der Waals surface area contributed by atoms with Gasteiger partial charge in [-0.2, -0.15) is 0 Å². The van der Waals surface area contributed by atoms with Gasteiger partial charge in [-0.1, -0.05) is 13.8 Å². The van der Waals surface area contributed by atoms with E-state index in [-0.39, 0.29) is 17.9 Å². The number of rotatable bonds is 7. The van der Waals surface area contributed by atoms with Gasteiger partial charge in [0.1, 0.15) is 17.4 Å². The Bertz CT molecular complexity index is 883. The fraction of sp³-hybridized carbons (Fsp3) is 0.421. The van der Waals surface area contributed by atoms with Crippen molar-refractivity contribution in [3.8, 4) is 5.75 Å². The summed E-state index contributed by atoms with van der Waals surface area (Å²) >= 11 is 0. The summed E-state index contributed by atoms with van der Waals surface area (Å²) in [5.41, 5.74) is 0.604. The number of carboxylic acids is 1. The van der Waals surface area contributed by atoms with Gasteiger partial charge in [0, 0.05) is 11.5 Å². The third-order valence-corrected chi connectivity index (χ3v) is 4.17. The predicted molar refractivity (Wildman–Crippen MR) is 96.5 cm³/mol. The number of hydrogen-bond acceptors (Lipinski definition) is 5. The summed E-state index contributed by atoms with van der Waals surface area (Å²) in [6.45, 7) is 5.48. The van der Waals surface area contributed by atoms with Gasteiger partial charge in [0.15, 0.2) is 0 Å². The lowest BCUT2D eigenvalue weighted by molar-refractivity contribution is -0.142. The fourth-order valence-corrected chi connectivity index (χ4v) is 2.80. The molecular weight excluding hydrogens is 338 g/mol. The molecule has 1 heterocycles. The van der Waals surface area contributed by atoms with Crippen LogP contribution >= 0.6 is 0 Å². The number of carbonyl (C=O) groups excluding carboxylic acids is 1. The van der Waals surface area contributed by atoms with Crippen molar-refractivity contribution in [3.63, 3.8) is 0 Å². The van der Waals surface area contributed by atoms with Crippen LogP contribution in [-0.2, 0) is 16.0 Å². The number of hydrogen-bond donors (Lipinski definition) is 2. The van der Waals surface area contributed by atoms with Crippen LogP contribution in [0.4, 0.5) is 0 Å². The molecule has 1 amide bonds. The summed E-state index contributed by atoms with van der Waals surface area (Å²) < 4.78 is 10.4. The zero-order chi connectivity index (χ0) is 19.4. The van der Waals surface area contributed by atoms with Crippen LogP contribution in [0.1, 0.15) is 31.4 Å². The largest absolute Gasteiger partial charge is 0.497 e. The number of aliphatic carboxylic acids is 1. The lowest BCUT2D eigenvalue weighted by Gasteiger charge is -2.16. The Kier molecular flexibility index (Phi) is 6.02. The first-order valence-electron chi connectivity index (χ1n) is 8.35. The van der Waals surface area contributed by atoms with Crippen LogP contribution in [0.3, 0.4) is 0 Å². The van der Waals surface area contributed by atoms with Crippen LogP contribution in [0.5, 0.6) is 5.75 Å². The van der Waals surface area contributed by atoms with Crippen molar-refractivity contribution in [2.45, 2.75) is 39.7 Å². The maximum absolute atomic E-state index is 12.3. The third kappa shape index (κ3) is 4.41. The molecule has 1 aromatic carbocycles. The van der Waals surface area contributed by atoms with E-state index in [1.54, 1.807) is 25.1 Å². The van der Waals surface area contributed by atoms with E-state index in [9.17, 15) is 19.5 Å². The normalized spacial score (nSPS) is 12.2. The number of amides is 1. The highest BCUT2D eigenvalue weighted by atomic mass is 16.5. The van der Waals surface area contributed by atoms with Crippen LogP contribution in [0, 0.1) is 12.8 Å². The van der Waals surface area contributed by atoms with Crippen molar-refractivity contribution >= 4 is 22.8 Å². The van der Waals surface area contributed by atoms with Gasteiger partial charge >= 0.3 is 11.6 Å². The molecule has 2 N–H and O–H groups in total. The van der Waals surface area contributed by atoms with E-state index in [2.05, 4.69) is 5.32 Å². The Morgan fingerprint density at radius 3 is 2.58 bits per heavy atom. The van der Waals surface area contributed by atoms with E-state index < -0.39 is 23.5 Å². The molecule has 1 atom stereocenters. The number of ether oxygens (including phenoxy) is 1. The smallest absolute Gasteiger partial charge is 0.340 e. The molecule has 0 bridgehead atoms. The SMILES string of the molecule is COc1ccc2c(C)c(CC(=O)N[C@@H](CC(C)C)C(=O)O)c(=O)oc2c1. The summed E-state index contributed by atoms with van der Waals surface area (Å²) in [7, 11) is 1.51. The second-order valence-corrected chi connectivity index (χ2v) is 6.62. The van der Waals surface area contributed by atoms with E-state index in [0.29, 0.717) is 28.7 Å². The number of aryl methyl sites for hydroxylation is 1. The lowest BCUT2D eigenvalue weighted by atomic mass is 10.0. The zero-order valence-corrected chi connectivity index (χ0v) is 15.3. The first kappa shape index (κ1) is 19.5. The fourth-order valence-electron chi connectivity index (χ4n) is 2.80. The molecule has 0 aliphatic carbocycles. The second-order valence-electron chi connectivity index (χ2n) is 6.62. The van der Waals surface area contributed by atoms with Crippen molar-refractivity contribution in [1.82, 2.24) is 5.32 Å². The number of nitrogens with one attached hydrogen (secondary N) is 1. The third-order valence-electron chi connectivity index (χ3n) is 4.17. The highest BCUT2D eigenvalue weighted by Gasteiger charge is 2.23. The molecule has 0 spiro atoms. The quantitative estimate of drug-likeness (QED) is 0.733. The second kappa shape index (κ2) is 8.03. The van der Waals surface area contributed by atoms with E-state index >= 15 is 0 Å². The number of benzene rings is 1. The van der Waals surface area contributed by atoms with Crippen molar-refractivity contribution in [1.29, 1.82) is 0 Å². The molecule has 26 heavy (non-hydrogen) atoms. The van der Waals surface area contributed by atoms with E-state index in [0.717, 1.165) is 0 Å². The molecule has 0 radical (unpaired) electrons. The molecule has 0 saturated heterocycles. The highest BCUT2D eigenvalue weighted by Crippen LogP contribution is 2.24. The Morgan fingerprint density at radius 1 is 1.31 bits per heavy atom. The molecule has 7 nitrogen and oxygen atoms in total. The minimum Gasteiger partial charge on any atom is -0.497 e. The van der Waals surface area contributed by atoms with E-state index in [1.165, 1.54) is 7.11 Å². The molecule has 0 saturated carbocycles. The lowest BCUT2D eigenvalue weighted by Crippen LogP contribution is -2.42. The molecule has 2 aromatic rings. The van der Waals surface area contributed by atoms with Crippen LogP contribution in [0.25, 0.3) is 11.0 Å². The maximum Gasteiger partial charge on any atom is 0.340 e. The van der Waals surface area contributed by atoms with Crippen molar-refractivity contribution in [2.75, 3.05) is 7.11 Å². The summed E-state index contributed by atoms with van der Waals surface area (Å²) in [5, 5.41) is 12.4. The maximum atomic E-state index is 12.3. The monoisotopic (exact) mass is 361 g/mol. The number of fused-ring (bicyclic) bond motifs is 1. The van der Waals surface area contributed by atoms with Crippen molar-refractivity contribution < 1.29 is 23.8 Å². The van der Waals surface area contributed by atoms with Gasteiger partial charge < -0.3 is 19.6 Å². The van der Waals surface area contributed by atoms with Gasteiger partial charge in [0.2, 0.25) is 5.91 Å². The van der Waals surface area contributed by atoms with Crippen molar-refractivity contribution in [2.24, 2.45) is 5.92 Å². The van der Waals surface area contributed by atoms with E-state index in [4.69, 9.17) is 9.15 Å². The average molecular weight is 361 g/mol. The molecule has 140 valence electrons. The summed E-state index contributed by atoms with van der Waals surface area (Å²) in [6, 6.07) is 4.12. The standard InChI is InChI=1S/C19H23NO6/c1-10(2)7-15(18(22)23)20-17(21)9-14-11(3)13-6-5-12(25-4)8-16(13)26-19(14)24/h5-6,8,10,15H,7,9H2,1-4H3,(H,20,21)(H,22,23)/t15-/m0/s1. The first-order valence-corrected chi connectivity index (χ1v) is 8.35. The van der Waals surface area contributed by atoms with Gasteiger partial charge in [-0.25, -0.2) is 9.59 Å². The highest BCUT2D eigenvalue weighted by molar-refractivity contribution is 5.87. The van der Waals surface area contributed by atoms with Crippen LogP contribution in [0.2, 0.25) is 0 Å². The molecule has 0 aliphatic heterocycles. The Hall–Kier alpha value is -2.83. The summed E-state index contributed by atoms with van der Waals surface area (Å²) in [4.78, 5) is 35.8. The van der Waals surface area contributed by atoms with Gasteiger partial charge in [-0.3, -0.25) is 4.79 Å². The Morgan fingerprint density at radius 2 is 2.00 bits per heavy atom. The first-order chi connectivity index (χ1) is 12.2. The molecular formula is C19H23NO6. The minimum absolute atomic E-state index is 0.110. The molecule has 1 aromatic heterocycles. The Labute approximate surface area is 151 Å². The van der Waals surface area contributed by atoms with Crippen molar-refractivity contribution in [3.05, 3.63) is 39.7 Å². The van der Waals surface area contributed by atoms with E-state index in [1.807, 2.05) is 13.8 Å².